The molecule has 2 nitrogen and oxygen atoms in total. The summed E-state index contributed by atoms with van der Waals surface area (Å²) in [4.78, 5) is 0. The molecule has 0 aromatic rings. The lowest BCUT2D eigenvalue weighted by atomic mass is 9.83. The van der Waals surface area contributed by atoms with Gasteiger partial charge in [-0.2, -0.15) is 0 Å². The fourth-order valence-corrected chi connectivity index (χ4v) is 2.80. The van der Waals surface area contributed by atoms with E-state index in [1.807, 2.05) is 0 Å². The van der Waals surface area contributed by atoms with Crippen LogP contribution in [0, 0.1) is 5.92 Å². The Balaban J connectivity index is 2.07. The number of rotatable bonds is 7. The van der Waals surface area contributed by atoms with Crippen LogP contribution in [0.1, 0.15) is 65.2 Å². The van der Waals surface area contributed by atoms with E-state index < -0.39 is 0 Å². The highest BCUT2D eigenvalue weighted by Gasteiger charge is 2.20. The Labute approximate surface area is 101 Å². The Morgan fingerprint density at radius 3 is 2.38 bits per heavy atom. The predicted molar refractivity (Wildman–Crippen MR) is 69.6 cm³/mol. The SMILES string of the molecule is CCCC(O)CNC1CCC(CCC)CC1. The molecule has 96 valence electrons. The molecule has 1 atom stereocenters. The van der Waals surface area contributed by atoms with Crippen molar-refractivity contribution in [2.24, 2.45) is 5.92 Å². The molecule has 0 radical (unpaired) electrons. The zero-order valence-electron chi connectivity index (χ0n) is 11.0. The summed E-state index contributed by atoms with van der Waals surface area (Å²) in [5.74, 6) is 0.976. The second-order valence-electron chi connectivity index (χ2n) is 5.36. The molecule has 0 amide bonds. The fraction of sp³-hybridized carbons (Fsp3) is 1.00. The van der Waals surface area contributed by atoms with Gasteiger partial charge in [0, 0.05) is 12.6 Å². The molecule has 0 heterocycles. The van der Waals surface area contributed by atoms with Crippen LogP contribution in [0.5, 0.6) is 0 Å². The minimum absolute atomic E-state index is 0.140. The van der Waals surface area contributed by atoms with Gasteiger partial charge in [-0.15, -0.1) is 0 Å². The normalized spacial score (nSPS) is 27.9. The van der Waals surface area contributed by atoms with Crippen molar-refractivity contribution in [1.29, 1.82) is 0 Å². The van der Waals surface area contributed by atoms with Crippen LogP contribution in [-0.4, -0.2) is 23.8 Å². The van der Waals surface area contributed by atoms with Gasteiger partial charge < -0.3 is 10.4 Å². The predicted octanol–water partition coefficient (Wildman–Crippen LogP) is 3.10. The summed E-state index contributed by atoms with van der Waals surface area (Å²) >= 11 is 0. The quantitative estimate of drug-likeness (QED) is 0.700. The molecule has 0 aromatic heterocycles. The Morgan fingerprint density at radius 2 is 1.81 bits per heavy atom. The van der Waals surface area contributed by atoms with E-state index in [2.05, 4.69) is 19.2 Å². The molecule has 0 saturated heterocycles. The van der Waals surface area contributed by atoms with E-state index in [-0.39, 0.29) is 6.10 Å². The van der Waals surface area contributed by atoms with E-state index in [9.17, 15) is 5.11 Å². The largest absolute Gasteiger partial charge is 0.392 e. The van der Waals surface area contributed by atoms with Crippen LogP contribution in [0.2, 0.25) is 0 Å². The maximum absolute atomic E-state index is 9.65. The van der Waals surface area contributed by atoms with Crippen molar-refractivity contribution < 1.29 is 5.11 Å². The number of hydrogen-bond acceptors (Lipinski definition) is 2. The molecule has 16 heavy (non-hydrogen) atoms. The van der Waals surface area contributed by atoms with Crippen molar-refractivity contribution in [3.63, 3.8) is 0 Å². The van der Waals surface area contributed by atoms with Crippen LogP contribution in [0.3, 0.4) is 0 Å². The van der Waals surface area contributed by atoms with Gasteiger partial charge in [-0.3, -0.25) is 0 Å². The van der Waals surface area contributed by atoms with Crippen molar-refractivity contribution in [3.05, 3.63) is 0 Å². The van der Waals surface area contributed by atoms with Gasteiger partial charge in [0.1, 0.15) is 0 Å². The molecule has 0 aromatic carbocycles. The summed E-state index contributed by atoms with van der Waals surface area (Å²) in [7, 11) is 0. The van der Waals surface area contributed by atoms with Gasteiger partial charge in [-0.1, -0.05) is 33.1 Å². The molecule has 2 N–H and O–H groups in total. The smallest absolute Gasteiger partial charge is 0.0664 e. The second-order valence-corrected chi connectivity index (χ2v) is 5.36. The van der Waals surface area contributed by atoms with Gasteiger partial charge in [0.15, 0.2) is 0 Å². The van der Waals surface area contributed by atoms with Crippen molar-refractivity contribution in [2.75, 3.05) is 6.54 Å². The summed E-state index contributed by atoms with van der Waals surface area (Å²) in [5, 5.41) is 13.2. The molecule has 1 saturated carbocycles. The van der Waals surface area contributed by atoms with E-state index in [4.69, 9.17) is 0 Å². The third kappa shape index (κ3) is 5.31. The molecule has 0 bridgehead atoms. The number of hydrogen-bond donors (Lipinski definition) is 2. The Kier molecular flexibility index (Phi) is 7.06. The summed E-state index contributed by atoms with van der Waals surface area (Å²) in [6.45, 7) is 5.20. The zero-order chi connectivity index (χ0) is 11.8. The fourth-order valence-electron chi connectivity index (χ4n) is 2.80. The topological polar surface area (TPSA) is 32.3 Å². The Hall–Kier alpha value is -0.0800. The first-order valence-corrected chi connectivity index (χ1v) is 7.17. The van der Waals surface area contributed by atoms with Crippen LogP contribution in [0.25, 0.3) is 0 Å². The second kappa shape index (κ2) is 8.08. The zero-order valence-corrected chi connectivity index (χ0v) is 11.0. The van der Waals surface area contributed by atoms with Crippen molar-refractivity contribution in [3.8, 4) is 0 Å². The van der Waals surface area contributed by atoms with Gasteiger partial charge in [0.2, 0.25) is 0 Å². The Morgan fingerprint density at radius 1 is 1.12 bits per heavy atom. The average Bonchev–Trinajstić information content (AvgIpc) is 2.29. The number of aliphatic hydroxyl groups is 1. The molecule has 1 fully saturated rings. The van der Waals surface area contributed by atoms with Crippen LogP contribution in [0.15, 0.2) is 0 Å². The lowest BCUT2D eigenvalue weighted by Crippen LogP contribution is -2.38. The van der Waals surface area contributed by atoms with Crippen LogP contribution >= 0.6 is 0 Å². The summed E-state index contributed by atoms with van der Waals surface area (Å²) < 4.78 is 0. The lowest BCUT2D eigenvalue weighted by molar-refractivity contribution is 0.149. The number of nitrogens with one attached hydrogen (secondary N) is 1. The highest BCUT2D eigenvalue weighted by atomic mass is 16.3. The highest BCUT2D eigenvalue weighted by molar-refractivity contribution is 4.77. The first-order chi connectivity index (χ1) is 7.76. The van der Waals surface area contributed by atoms with Crippen LogP contribution in [0.4, 0.5) is 0 Å². The van der Waals surface area contributed by atoms with E-state index in [0.717, 1.165) is 25.3 Å². The maximum Gasteiger partial charge on any atom is 0.0664 e. The lowest BCUT2D eigenvalue weighted by Gasteiger charge is -2.29. The van der Waals surface area contributed by atoms with E-state index in [1.165, 1.54) is 38.5 Å². The van der Waals surface area contributed by atoms with Crippen molar-refractivity contribution in [1.82, 2.24) is 5.32 Å². The molecular weight excluding hydrogens is 198 g/mol. The summed E-state index contributed by atoms with van der Waals surface area (Å²) in [6.07, 6.45) is 9.99. The van der Waals surface area contributed by atoms with E-state index >= 15 is 0 Å². The van der Waals surface area contributed by atoms with Crippen molar-refractivity contribution in [2.45, 2.75) is 77.4 Å². The first-order valence-electron chi connectivity index (χ1n) is 7.17. The van der Waals surface area contributed by atoms with Crippen LogP contribution in [-0.2, 0) is 0 Å². The molecule has 1 unspecified atom stereocenters. The average molecular weight is 227 g/mol. The Bertz CT molecular complexity index is 164. The highest BCUT2D eigenvalue weighted by Crippen LogP contribution is 2.27. The van der Waals surface area contributed by atoms with Gasteiger partial charge >= 0.3 is 0 Å². The minimum Gasteiger partial charge on any atom is -0.392 e. The molecule has 0 spiro atoms. The molecule has 1 rings (SSSR count). The van der Waals surface area contributed by atoms with E-state index in [0.29, 0.717) is 6.04 Å². The summed E-state index contributed by atoms with van der Waals surface area (Å²) in [5.41, 5.74) is 0. The third-order valence-electron chi connectivity index (χ3n) is 3.81. The minimum atomic E-state index is -0.140. The molecule has 2 heteroatoms. The third-order valence-corrected chi connectivity index (χ3v) is 3.81. The molecule has 1 aliphatic carbocycles. The number of aliphatic hydroxyl groups excluding tert-OH is 1. The van der Waals surface area contributed by atoms with Gasteiger partial charge in [-0.25, -0.2) is 0 Å². The molecular formula is C14H29NO. The standard InChI is InChI=1S/C14H29NO/c1-3-5-12-7-9-13(10-8-12)15-11-14(16)6-4-2/h12-16H,3-11H2,1-2H3. The monoisotopic (exact) mass is 227 g/mol. The maximum atomic E-state index is 9.65. The molecule has 1 aliphatic rings. The van der Waals surface area contributed by atoms with E-state index in [1.54, 1.807) is 0 Å². The van der Waals surface area contributed by atoms with Gasteiger partial charge in [-0.05, 0) is 38.0 Å². The molecule has 0 aliphatic heterocycles. The van der Waals surface area contributed by atoms with Gasteiger partial charge in [0.25, 0.3) is 0 Å². The summed E-state index contributed by atoms with van der Waals surface area (Å²) in [6, 6.07) is 0.666. The van der Waals surface area contributed by atoms with Crippen LogP contribution < -0.4 is 5.32 Å². The van der Waals surface area contributed by atoms with Gasteiger partial charge in [0.05, 0.1) is 6.10 Å². The first kappa shape index (κ1) is 14.0. The van der Waals surface area contributed by atoms with Crippen molar-refractivity contribution >= 4 is 0 Å².